The monoisotopic (exact) mass is 169 g/mol. The van der Waals surface area contributed by atoms with Crippen LogP contribution in [0.4, 0.5) is 0 Å². The summed E-state index contributed by atoms with van der Waals surface area (Å²) in [5.41, 5.74) is 5.07. The van der Waals surface area contributed by atoms with Crippen LogP contribution in [0.3, 0.4) is 0 Å². The molecule has 66 valence electrons. The lowest BCUT2D eigenvalue weighted by Crippen LogP contribution is -2.23. The summed E-state index contributed by atoms with van der Waals surface area (Å²) in [5.74, 6) is 0. The second-order valence-corrected chi connectivity index (χ2v) is 2.51. The molecule has 1 rings (SSSR count). The molecular formula is C7H11N3O2. The average molecular weight is 169 g/mol. The Hall–Kier alpha value is -1.36. The van der Waals surface area contributed by atoms with Crippen LogP contribution in [0.2, 0.25) is 0 Å². The minimum Gasteiger partial charge on any atom is -0.330 e. The van der Waals surface area contributed by atoms with Crippen molar-refractivity contribution in [1.29, 1.82) is 0 Å². The molecule has 1 aromatic heterocycles. The van der Waals surface area contributed by atoms with Gasteiger partial charge in [-0.25, -0.2) is 4.79 Å². The summed E-state index contributed by atoms with van der Waals surface area (Å²) in [6.07, 6.45) is 1.40. The number of rotatable bonds is 3. The summed E-state index contributed by atoms with van der Waals surface area (Å²) >= 11 is 0. The first-order chi connectivity index (χ1) is 5.72. The highest BCUT2D eigenvalue weighted by atomic mass is 16.2. The van der Waals surface area contributed by atoms with E-state index in [0.717, 1.165) is 6.42 Å². The molecule has 0 amide bonds. The molecule has 0 spiro atoms. The van der Waals surface area contributed by atoms with Crippen LogP contribution in [0.5, 0.6) is 0 Å². The molecule has 0 unspecified atom stereocenters. The van der Waals surface area contributed by atoms with Gasteiger partial charge in [-0.1, -0.05) is 0 Å². The Morgan fingerprint density at radius 3 is 2.67 bits per heavy atom. The molecule has 1 heterocycles. The minimum atomic E-state index is -0.463. The summed E-state index contributed by atoms with van der Waals surface area (Å²) in [5, 5.41) is 0. The number of nitrogens with two attached hydrogens (primary N) is 1. The van der Waals surface area contributed by atoms with E-state index < -0.39 is 5.69 Å². The predicted octanol–water partition coefficient (Wildman–Crippen LogP) is -1.05. The Labute approximate surface area is 68.6 Å². The zero-order valence-corrected chi connectivity index (χ0v) is 6.59. The van der Waals surface area contributed by atoms with Gasteiger partial charge in [-0.15, -0.1) is 0 Å². The van der Waals surface area contributed by atoms with E-state index >= 15 is 0 Å². The van der Waals surface area contributed by atoms with Gasteiger partial charge in [0, 0.05) is 11.8 Å². The molecule has 12 heavy (non-hydrogen) atoms. The second kappa shape index (κ2) is 3.87. The topological polar surface area (TPSA) is 91.7 Å². The van der Waals surface area contributed by atoms with Crippen molar-refractivity contribution in [2.45, 2.75) is 12.8 Å². The van der Waals surface area contributed by atoms with Crippen molar-refractivity contribution in [2.75, 3.05) is 6.54 Å². The van der Waals surface area contributed by atoms with Gasteiger partial charge in [0.05, 0.1) is 0 Å². The molecule has 4 N–H and O–H groups in total. The molecule has 1 aromatic rings. The molecule has 0 saturated carbocycles. The maximum Gasteiger partial charge on any atom is 0.325 e. The molecule has 0 aliphatic heterocycles. The van der Waals surface area contributed by atoms with E-state index in [9.17, 15) is 9.59 Å². The highest BCUT2D eigenvalue weighted by Gasteiger charge is 1.94. The molecule has 5 heteroatoms. The largest absolute Gasteiger partial charge is 0.330 e. The maximum absolute atomic E-state index is 10.8. The summed E-state index contributed by atoms with van der Waals surface area (Å²) in [7, 11) is 0. The molecule has 0 bridgehead atoms. The van der Waals surface area contributed by atoms with Crippen LogP contribution in [0.15, 0.2) is 15.7 Å². The van der Waals surface area contributed by atoms with E-state index in [-0.39, 0.29) is 5.56 Å². The Bertz CT molecular complexity index is 324. The molecule has 0 saturated heterocycles. The molecule has 0 aliphatic rings. The van der Waals surface area contributed by atoms with E-state index in [1.165, 1.54) is 6.07 Å². The fraction of sp³-hybridized carbons (Fsp3) is 0.429. The van der Waals surface area contributed by atoms with Gasteiger partial charge in [0.1, 0.15) is 0 Å². The zero-order chi connectivity index (χ0) is 8.97. The summed E-state index contributed by atoms with van der Waals surface area (Å²) in [6, 6.07) is 1.37. The third-order valence-electron chi connectivity index (χ3n) is 1.47. The van der Waals surface area contributed by atoms with E-state index in [0.29, 0.717) is 18.7 Å². The van der Waals surface area contributed by atoms with E-state index in [2.05, 4.69) is 9.97 Å². The molecular weight excluding hydrogens is 158 g/mol. The molecule has 0 atom stereocenters. The van der Waals surface area contributed by atoms with Crippen LogP contribution in [0, 0.1) is 0 Å². The van der Waals surface area contributed by atoms with Crippen LogP contribution >= 0.6 is 0 Å². The van der Waals surface area contributed by atoms with Gasteiger partial charge in [0.2, 0.25) is 0 Å². The number of hydrogen-bond acceptors (Lipinski definition) is 3. The van der Waals surface area contributed by atoms with Crippen molar-refractivity contribution in [2.24, 2.45) is 5.73 Å². The minimum absolute atomic E-state index is 0.370. The fourth-order valence-electron chi connectivity index (χ4n) is 0.947. The van der Waals surface area contributed by atoms with Gasteiger partial charge < -0.3 is 10.7 Å². The van der Waals surface area contributed by atoms with E-state index in [1.807, 2.05) is 0 Å². The van der Waals surface area contributed by atoms with Crippen molar-refractivity contribution in [1.82, 2.24) is 9.97 Å². The van der Waals surface area contributed by atoms with Gasteiger partial charge in [0.15, 0.2) is 0 Å². The third kappa shape index (κ3) is 2.35. The van der Waals surface area contributed by atoms with Gasteiger partial charge in [-0.3, -0.25) is 9.78 Å². The highest BCUT2D eigenvalue weighted by molar-refractivity contribution is 4.98. The summed E-state index contributed by atoms with van der Waals surface area (Å²) in [4.78, 5) is 26.1. The van der Waals surface area contributed by atoms with Crippen molar-refractivity contribution in [3.63, 3.8) is 0 Å². The molecule has 5 nitrogen and oxygen atoms in total. The smallest absolute Gasteiger partial charge is 0.325 e. The Balaban J connectivity index is 2.86. The number of nitrogens with one attached hydrogen (secondary N) is 2. The van der Waals surface area contributed by atoms with Crippen molar-refractivity contribution in [3.8, 4) is 0 Å². The van der Waals surface area contributed by atoms with E-state index in [1.54, 1.807) is 0 Å². The zero-order valence-electron chi connectivity index (χ0n) is 6.59. The maximum atomic E-state index is 10.8. The van der Waals surface area contributed by atoms with Crippen molar-refractivity contribution >= 4 is 0 Å². The number of aromatic nitrogens is 2. The van der Waals surface area contributed by atoms with Crippen LogP contribution < -0.4 is 17.0 Å². The number of H-pyrrole nitrogens is 2. The van der Waals surface area contributed by atoms with Crippen molar-refractivity contribution < 1.29 is 0 Å². The van der Waals surface area contributed by atoms with Crippen molar-refractivity contribution in [3.05, 3.63) is 32.6 Å². The number of aromatic amines is 2. The standard InChI is InChI=1S/C7H11N3O2/c8-3-1-2-5-4-6(11)10-7(12)9-5/h4H,1-3,8H2,(H2,9,10,11,12). The Morgan fingerprint density at radius 2 is 2.08 bits per heavy atom. The first-order valence-corrected chi connectivity index (χ1v) is 3.75. The lowest BCUT2D eigenvalue weighted by Gasteiger charge is -1.96. The third-order valence-corrected chi connectivity index (χ3v) is 1.47. The van der Waals surface area contributed by atoms with Crippen LogP contribution in [0.1, 0.15) is 12.1 Å². The first kappa shape index (κ1) is 8.73. The second-order valence-electron chi connectivity index (χ2n) is 2.51. The summed E-state index contributed by atoms with van der Waals surface area (Å²) in [6.45, 7) is 0.550. The Kier molecular flexibility index (Phi) is 2.82. The first-order valence-electron chi connectivity index (χ1n) is 3.75. The SMILES string of the molecule is NCCCc1cc(=O)[nH]c(=O)[nH]1. The average Bonchev–Trinajstić information content (AvgIpc) is 1.99. The van der Waals surface area contributed by atoms with Crippen LogP contribution in [-0.2, 0) is 6.42 Å². The normalized spacial score (nSPS) is 10.1. The van der Waals surface area contributed by atoms with E-state index in [4.69, 9.17) is 5.73 Å². The molecule has 0 aromatic carbocycles. The van der Waals surface area contributed by atoms with Crippen LogP contribution in [0.25, 0.3) is 0 Å². The van der Waals surface area contributed by atoms with Gasteiger partial charge in [-0.05, 0) is 19.4 Å². The highest BCUT2D eigenvalue weighted by Crippen LogP contribution is 1.90. The Morgan fingerprint density at radius 1 is 1.33 bits per heavy atom. The summed E-state index contributed by atoms with van der Waals surface area (Å²) < 4.78 is 0. The van der Waals surface area contributed by atoms with Gasteiger partial charge in [-0.2, -0.15) is 0 Å². The quantitative estimate of drug-likeness (QED) is 0.539. The molecule has 0 fully saturated rings. The van der Waals surface area contributed by atoms with Gasteiger partial charge >= 0.3 is 5.69 Å². The lowest BCUT2D eigenvalue weighted by atomic mass is 10.2. The lowest BCUT2D eigenvalue weighted by molar-refractivity contribution is 0.794. The molecule has 0 aliphatic carbocycles. The predicted molar refractivity (Wildman–Crippen MR) is 45.1 cm³/mol. The number of hydrogen-bond donors (Lipinski definition) is 3. The molecule has 0 radical (unpaired) electrons. The van der Waals surface area contributed by atoms with Gasteiger partial charge in [0.25, 0.3) is 5.56 Å². The fourth-order valence-corrected chi connectivity index (χ4v) is 0.947. The van der Waals surface area contributed by atoms with Crippen LogP contribution in [-0.4, -0.2) is 16.5 Å². The number of aryl methyl sites for hydroxylation is 1.